The van der Waals surface area contributed by atoms with E-state index in [2.05, 4.69) is 45.9 Å². The number of halogens is 1. The molecule has 0 saturated heterocycles. The molecular weight excluding hydrogens is 328 g/mol. The number of carbonyl (C=O) groups excluding carboxylic acids is 1. The summed E-state index contributed by atoms with van der Waals surface area (Å²) < 4.78 is 0.773. The lowest BCUT2D eigenvalue weighted by Crippen LogP contribution is -3.00. The molecule has 0 bridgehead atoms. The van der Waals surface area contributed by atoms with Crippen molar-refractivity contribution in [2.45, 2.75) is 77.7 Å². The second-order valence-electron chi connectivity index (χ2n) is 7.12. The predicted molar refractivity (Wildman–Crippen MR) is 101 cm³/mol. The summed E-state index contributed by atoms with van der Waals surface area (Å²) in [6, 6.07) is 0.529. The first-order valence-electron chi connectivity index (χ1n) is 9.14. The highest BCUT2D eigenvalue weighted by Crippen LogP contribution is 2.15. The van der Waals surface area contributed by atoms with Crippen molar-refractivity contribution < 1.29 is 21.7 Å². The lowest BCUT2D eigenvalue weighted by Gasteiger charge is -2.35. The highest BCUT2D eigenvalue weighted by molar-refractivity contribution is 7.80. The van der Waals surface area contributed by atoms with Gasteiger partial charge in [0.25, 0.3) is 5.91 Å². The molecule has 1 N–H and O–H groups in total. The smallest absolute Gasteiger partial charge is 0.275 e. The molecule has 1 amide bonds. The van der Waals surface area contributed by atoms with Gasteiger partial charge in [-0.3, -0.25) is 4.79 Å². The number of rotatable bonds is 14. The van der Waals surface area contributed by atoms with Crippen molar-refractivity contribution in [2.75, 3.05) is 32.9 Å². The number of amides is 1. The van der Waals surface area contributed by atoms with Crippen LogP contribution in [0.3, 0.4) is 0 Å². The van der Waals surface area contributed by atoms with Crippen molar-refractivity contribution in [3.05, 3.63) is 0 Å². The summed E-state index contributed by atoms with van der Waals surface area (Å²) >= 11 is 4.12. The normalized spacial score (nSPS) is 12.6. The molecule has 0 aliphatic carbocycles. The van der Waals surface area contributed by atoms with E-state index < -0.39 is 0 Å². The number of unbranched alkanes of at least 4 members (excludes halogenated alkanes) is 7. The van der Waals surface area contributed by atoms with Crippen molar-refractivity contribution in [3.63, 3.8) is 0 Å². The Morgan fingerprint density at radius 1 is 1.04 bits per heavy atom. The lowest BCUT2D eigenvalue weighted by atomic mass is 10.0. The Balaban J connectivity index is 0. The molecule has 0 fully saturated rings. The number of nitrogens with zero attached hydrogens (tertiary/aromatic N) is 1. The molecule has 0 rings (SSSR count). The van der Waals surface area contributed by atoms with Crippen molar-refractivity contribution in [1.82, 2.24) is 5.32 Å². The molecular formula is C18H39ClN2OS. The van der Waals surface area contributed by atoms with Gasteiger partial charge in [-0.05, 0) is 19.8 Å². The predicted octanol–water partition coefficient (Wildman–Crippen LogP) is 1.03. The summed E-state index contributed by atoms with van der Waals surface area (Å²) in [5.41, 5.74) is 0. The Morgan fingerprint density at radius 3 is 2.09 bits per heavy atom. The van der Waals surface area contributed by atoms with Gasteiger partial charge in [0, 0.05) is 12.3 Å². The molecule has 3 nitrogen and oxygen atoms in total. The van der Waals surface area contributed by atoms with Crippen LogP contribution < -0.4 is 17.7 Å². The first-order chi connectivity index (χ1) is 10.4. The second kappa shape index (κ2) is 15.6. The van der Waals surface area contributed by atoms with E-state index in [4.69, 9.17) is 0 Å². The Kier molecular flexibility index (Phi) is 17.2. The summed E-state index contributed by atoms with van der Waals surface area (Å²) in [6.45, 7) is 5.76. The van der Waals surface area contributed by atoms with Gasteiger partial charge in [-0.1, -0.05) is 51.9 Å². The van der Waals surface area contributed by atoms with Crippen LogP contribution in [0.1, 0.15) is 71.6 Å². The molecule has 140 valence electrons. The summed E-state index contributed by atoms with van der Waals surface area (Å²) in [5.74, 6) is 0.842. The van der Waals surface area contributed by atoms with Gasteiger partial charge in [0.2, 0.25) is 0 Å². The largest absolute Gasteiger partial charge is 1.00 e. The third-order valence-corrected chi connectivity index (χ3v) is 4.88. The number of likely N-dealkylation sites (N-methyl/N-ethyl adjacent to an activating group) is 1. The zero-order valence-electron chi connectivity index (χ0n) is 15.7. The number of hydrogen-bond donors (Lipinski definition) is 2. The third-order valence-electron chi connectivity index (χ3n) is 4.65. The first-order valence-corrected chi connectivity index (χ1v) is 9.77. The molecule has 1 atom stereocenters. The molecule has 0 radical (unpaired) electrons. The van der Waals surface area contributed by atoms with Crippen molar-refractivity contribution in [1.29, 1.82) is 0 Å². The van der Waals surface area contributed by atoms with E-state index in [1.807, 2.05) is 0 Å². The van der Waals surface area contributed by atoms with Gasteiger partial charge in [-0.2, -0.15) is 12.6 Å². The van der Waals surface area contributed by atoms with Crippen LogP contribution in [0.4, 0.5) is 0 Å². The fourth-order valence-electron chi connectivity index (χ4n) is 2.70. The average Bonchev–Trinajstić information content (AvgIpc) is 2.47. The third kappa shape index (κ3) is 14.1. The molecule has 0 aromatic rings. The minimum atomic E-state index is 0. The molecule has 0 heterocycles. The average molecular weight is 367 g/mol. The number of hydrogen-bond acceptors (Lipinski definition) is 2. The highest BCUT2D eigenvalue weighted by atomic mass is 35.5. The lowest BCUT2D eigenvalue weighted by molar-refractivity contribution is -0.906. The van der Waals surface area contributed by atoms with E-state index in [0.717, 1.165) is 4.48 Å². The maximum absolute atomic E-state index is 11.9. The van der Waals surface area contributed by atoms with Crippen LogP contribution in [0.15, 0.2) is 0 Å². The molecule has 0 aliphatic heterocycles. The summed E-state index contributed by atoms with van der Waals surface area (Å²) in [6.07, 6.45) is 12.1. The van der Waals surface area contributed by atoms with Gasteiger partial charge in [0.15, 0.2) is 6.54 Å². The highest BCUT2D eigenvalue weighted by Gasteiger charge is 2.26. The standard InChI is InChI=1S/C18H38N2OS.ClH/c1-5-6-7-8-9-10-11-12-13-17(2)20(3,4)16-18(21)19-14-15-22;/h17H,5-16H2,1-4H3,(H-,19,21,22);1H. The van der Waals surface area contributed by atoms with Crippen molar-refractivity contribution in [2.24, 2.45) is 0 Å². The number of quaternary nitrogens is 1. The molecule has 0 aromatic carbocycles. The quantitative estimate of drug-likeness (QED) is 0.268. The molecule has 0 aromatic heterocycles. The Labute approximate surface area is 156 Å². The first kappa shape index (κ1) is 25.3. The molecule has 1 unspecified atom stereocenters. The Bertz CT molecular complexity index is 288. The summed E-state index contributed by atoms with van der Waals surface area (Å²) in [7, 11) is 4.32. The van der Waals surface area contributed by atoms with Gasteiger partial charge < -0.3 is 22.2 Å². The van der Waals surface area contributed by atoms with E-state index in [9.17, 15) is 4.79 Å². The van der Waals surface area contributed by atoms with Crippen LogP contribution in [0.25, 0.3) is 0 Å². The molecule has 23 heavy (non-hydrogen) atoms. The number of carbonyl (C=O) groups is 1. The van der Waals surface area contributed by atoms with Crippen molar-refractivity contribution >= 4 is 18.5 Å². The monoisotopic (exact) mass is 366 g/mol. The van der Waals surface area contributed by atoms with Crippen molar-refractivity contribution in [3.8, 4) is 0 Å². The molecule has 0 aliphatic rings. The molecule has 0 saturated carbocycles. The SMILES string of the molecule is CCCCCCCCCCC(C)[N+](C)(C)CC(=O)NCCS.[Cl-]. The maximum Gasteiger partial charge on any atom is 0.275 e. The fraction of sp³-hybridized carbons (Fsp3) is 0.944. The van der Waals surface area contributed by atoms with Crippen LogP contribution in [-0.2, 0) is 4.79 Å². The minimum absolute atomic E-state index is 0. The zero-order valence-corrected chi connectivity index (χ0v) is 17.4. The minimum Gasteiger partial charge on any atom is -1.00 e. The van der Waals surface area contributed by atoms with E-state index in [0.29, 0.717) is 24.9 Å². The topological polar surface area (TPSA) is 29.1 Å². The van der Waals surface area contributed by atoms with Crippen LogP contribution in [-0.4, -0.2) is 49.4 Å². The maximum atomic E-state index is 11.9. The number of nitrogens with one attached hydrogen (secondary N) is 1. The van der Waals surface area contributed by atoms with E-state index in [-0.39, 0.29) is 18.3 Å². The van der Waals surface area contributed by atoms with Crippen LogP contribution in [0, 0.1) is 0 Å². The second-order valence-corrected chi connectivity index (χ2v) is 7.57. The van der Waals surface area contributed by atoms with Gasteiger partial charge in [0.05, 0.1) is 20.1 Å². The van der Waals surface area contributed by atoms with Crippen LogP contribution in [0.5, 0.6) is 0 Å². The van der Waals surface area contributed by atoms with Gasteiger partial charge in [-0.25, -0.2) is 0 Å². The summed E-state index contributed by atoms with van der Waals surface area (Å²) in [5, 5.41) is 2.91. The van der Waals surface area contributed by atoms with E-state index >= 15 is 0 Å². The Hall–Kier alpha value is 0.0700. The Morgan fingerprint density at radius 2 is 1.57 bits per heavy atom. The van der Waals surface area contributed by atoms with E-state index in [1.54, 1.807) is 0 Å². The van der Waals surface area contributed by atoms with E-state index in [1.165, 1.54) is 57.8 Å². The van der Waals surface area contributed by atoms with Gasteiger partial charge in [0.1, 0.15) is 0 Å². The van der Waals surface area contributed by atoms with Gasteiger partial charge >= 0.3 is 0 Å². The molecule has 0 spiro atoms. The van der Waals surface area contributed by atoms with Crippen LogP contribution >= 0.6 is 12.6 Å². The van der Waals surface area contributed by atoms with Crippen LogP contribution in [0.2, 0.25) is 0 Å². The molecule has 5 heteroatoms. The zero-order chi connectivity index (χ0) is 16.8. The van der Waals surface area contributed by atoms with Gasteiger partial charge in [-0.15, -0.1) is 0 Å². The fourth-order valence-corrected chi connectivity index (χ4v) is 2.81. The summed E-state index contributed by atoms with van der Waals surface area (Å²) in [4.78, 5) is 11.9. The number of thiol groups is 1.